The monoisotopic (exact) mass is 279 g/mol. The molecule has 0 N–H and O–H groups in total. The topological polar surface area (TPSA) is 46.6 Å². The predicted molar refractivity (Wildman–Crippen MR) is 75.3 cm³/mol. The lowest BCUT2D eigenvalue weighted by molar-refractivity contribution is -0.124. The van der Waals surface area contributed by atoms with E-state index in [0.717, 1.165) is 25.8 Å². The molecular formula is C16H25NO3. The number of rotatable bonds is 4. The number of hydrogen-bond donors (Lipinski definition) is 0. The average molecular weight is 279 g/mol. The van der Waals surface area contributed by atoms with Crippen molar-refractivity contribution in [2.75, 3.05) is 13.2 Å². The van der Waals surface area contributed by atoms with Crippen LogP contribution >= 0.6 is 0 Å². The van der Waals surface area contributed by atoms with Crippen molar-refractivity contribution in [3.63, 3.8) is 0 Å². The molecule has 3 unspecified atom stereocenters. The highest BCUT2D eigenvalue weighted by Gasteiger charge is 2.51. The Bertz CT molecular complexity index is 416. The van der Waals surface area contributed by atoms with Crippen molar-refractivity contribution in [3.05, 3.63) is 0 Å². The number of likely N-dealkylation sites (tertiary alicyclic amines) is 1. The maximum atomic E-state index is 12.4. The van der Waals surface area contributed by atoms with Crippen LogP contribution in [0.15, 0.2) is 0 Å². The van der Waals surface area contributed by atoms with Crippen molar-refractivity contribution in [1.82, 2.24) is 4.90 Å². The highest BCUT2D eigenvalue weighted by atomic mass is 16.6. The molecule has 4 nitrogen and oxygen atoms in total. The number of fused-ring (bicyclic) bond motifs is 1. The zero-order chi connectivity index (χ0) is 14.3. The molecule has 0 spiro atoms. The molecule has 0 aromatic carbocycles. The van der Waals surface area contributed by atoms with E-state index in [9.17, 15) is 9.59 Å². The molecule has 1 aliphatic heterocycles. The predicted octanol–water partition coefficient (Wildman–Crippen LogP) is 3.00. The van der Waals surface area contributed by atoms with Gasteiger partial charge in [0.05, 0.1) is 6.61 Å². The quantitative estimate of drug-likeness (QED) is 0.794. The molecular weight excluding hydrogens is 254 g/mol. The number of carbonyl (C=O) groups is 2. The minimum absolute atomic E-state index is 0.0863. The van der Waals surface area contributed by atoms with Gasteiger partial charge in [-0.05, 0) is 44.4 Å². The number of hydrogen-bond acceptors (Lipinski definition) is 3. The van der Waals surface area contributed by atoms with E-state index < -0.39 is 0 Å². The number of ether oxygens (including phenoxy) is 1. The van der Waals surface area contributed by atoms with E-state index in [1.54, 1.807) is 0 Å². The summed E-state index contributed by atoms with van der Waals surface area (Å²) >= 11 is 0. The van der Waals surface area contributed by atoms with Gasteiger partial charge in [-0.2, -0.15) is 0 Å². The zero-order valence-electron chi connectivity index (χ0n) is 12.6. The molecule has 112 valence electrons. The fraction of sp³-hybridized carbons (Fsp3) is 0.875. The second kappa shape index (κ2) is 5.05. The Hall–Kier alpha value is -1.06. The van der Waals surface area contributed by atoms with Crippen LogP contribution < -0.4 is 0 Å². The standard InChI is InChI=1S/C16H25NO3/c1-3-20-15(19)17-10-11-5-4-6-12(11)13(17)9-14(18)16(2)7-8-16/h11-13H,3-10H2,1-2H3. The minimum Gasteiger partial charge on any atom is -0.450 e. The summed E-state index contributed by atoms with van der Waals surface area (Å²) in [6.45, 7) is 5.09. The molecule has 1 amide bonds. The molecule has 3 rings (SSSR count). The van der Waals surface area contributed by atoms with Gasteiger partial charge < -0.3 is 9.64 Å². The summed E-state index contributed by atoms with van der Waals surface area (Å²) in [5.41, 5.74) is -0.0863. The summed E-state index contributed by atoms with van der Waals surface area (Å²) in [7, 11) is 0. The number of Topliss-reactive ketones (excluding diaryl/α,β-unsaturated/α-hetero) is 1. The Morgan fingerprint density at radius 2 is 2.05 bits per heavy atom. The van der Waals surface area contributed by atoms with E-state index in [1.807, 2.05) is 11.8 Å². The Morgan fingerprint density at radius 3 is 2.70 bits per heavy atom. The van der Waals surface area contributed by atoms with Crippen LogP contribution in [-0.4, -0.2) is 36.0 Å². The van der Waals surface area contributed by atoms with E-state index in [-0.39, 0.29) is 17.6 Å². The van der Waals surface area contributed by atoms with Crippen molar-refractivity contribution < 1.29 is 14.3 Å². The number of ketones is 1. The highest BCUT2D eigenvalue weighted by molar-refractivity contribution is 5.87. The first kappa shape index (κ1) is 13.9. The van der Waals surface area contributed by atoms with Crippen LogP contribution in [0.4, 0.5) is 4.79 Å². The molecule has 0 bridgehead atoms. The van der Waals surface area contributed by atoms with Crippen LogP contribution in [0.5, 0.6) is 0 Å². The van der Waals surface area contributed by atoms with E-state index >= 15 is 0 Å². The number of amides is 1. The first-order valence-corrected chi connectivity index (χ1v) is 8.02. The molecule has 2 saturated carbocycles. The number of carbonyl (C=O) groups excluding carboxylic acids is 2. The third-order valence-corrected chi connectivity index (χ3v) is 5.61. The van der Waals surface area contributed by atoms with Gasteiger partial charge in [0.25, 0.3) is 0 Å². The van der Waals surface area contributed by atoms with Gasteiger partial charge in [-0.1, -0.05) is 13.3 Å². The molecule has 20 heavy (non-hydrogen) atoms. The molecule has 1 heterocycles. The molecule has 3 atom stereocenters. The van der Waals surface area contributed by atoms with Gasteiger partial charge in [0.1, 0.15) is 5.78 Å². The van der Waals surface area contributed by atoms with Gasteiger partial charge in [-0.25, -0.2) is 4.79 Å². The lowest BCUT2D eigenvalue weighted by atomic mass is 9.88. The van der Waals surface area contributed by atoms with Crippen molar-refractivity contribution in [2.24, 2.45) is 17.3 Å². The first-order chi connectivity index (χ1) is 9.55. The third-order valence-electron chi connectivity index (χ3n) is 5.61. The molecule has 1 saturated heterocycles. The summed E-state index contributed by atoms with van der Waals surface area (Å²) in [4.78, 5) is 26.4. The van der Waals surface area contributed by atoms with Gasteiger partial charge >= 0.3 is 6.09 Å². The van der Waals surface area contributed by atoms with Crippen LogP contribution in [0.1, 0.15) is 52.4 Å². The van der Waals surface area contributed by atoms with Gasteiger partial charge in [0.2, 0.25) is 0 Å². The van der Waals surface area contributed by atoms with Gasteiger partial charge in [-0.15, -0.1) is 0 Å². The second-order valence-corrected chi connectivity index (χ2v) is 6.96. The van der Waals surface area contributed by atoms with E-state index in [1.165, 1.54) is 12.8 Å². The number of nitrogens with zero attached hydrogens (tertiary/aromatic N) is 1. The summed E-state index contributed by atoms with van der Waals surface area (Å²) in [6.07, 6.45) is 5.96. The average Bonchev–Trinajstić information content (AvgIpc) is 2.87. The molecule has 0 aromatic rings. The lowest BCUT2D eigenvalue weighted by Gasteiger charge is -2.27. The van der Waals surface area contributed by atoms with E-state index in [2.05, 4.69) is 6.92 Å². The van der Waals surface area contributed by atoms with Crippen LogP contribution in [0.2, 0.25) is 0 Å². The van der Waals surface area contributed by atoms with Crippen LogP contribution in [-0.2, 0) is 9.53 Å². The Kier molecular flexibility index (Phi) is 3.51. The molecule has 4 heteroatoms. The van der Waals surface area contributed by atoms with Crippen molar-refractivity contribution in [1.29, 1.82) is 0 Å². The maximum Gasteiger partial charge on any atom is 0.410 e. The van der Waals surface area contributed by atoms with Crippen LogP contribution in [0.25, 0.3) is 0 Å². The van der Waals surface area contributed by atoms with E-state index in [0.29, 0.717) is 30.6 Å². The van der Waals surface area contributed by atoms with Crippen molar-refractivity contribution in [3.8, 4) is 0 Å². The molecule has 2 aliphatic carbocycles. The Balaban J connectivity index is 1.72. The molecule has 3 aliphatic rings. The van der Waals surface area contributed by atoms with Gasteiger partial charge in [-0.3, -0.25) is 4.79 Å². The fourth-order valence-corrected chi connectivity index (χ4v) is 4.00. The van der Waals surface area contributed by atoms with Gasteiger partial charge in [0.15, 0.2) is 0 Å². The highest BCUT2D eigenvalue weighted by Crippen LogP contribution is 2.49. The summed E-state index contributed by atoms with van der Waals surface area (Å²) in [5.74, 6) is 1.46. The first-order valence-electron chi connectivity index (χ1n) is 8.02. The summed E-state index contributed by atoms with van der Waals surface area (Å²) in [5, 5.41) is 0. The molecule has 0 radical (unpaired) electrons. The largest absolute Gasteiger partial charge is 0.450 e. The SMILES string of the molecule is CCOC(=O)N1CC2CCCC2C1CC(=O)C1(C)CC1. The molecule has 3 fully saturated rings. The van der Waals surface area contributed by atoms with Crippen LogP contribution in [0.3, 0.4) is 0 Å². The summed E-state index contributed by atoms with van der Waals surface area (Å²) in [6, 6.07) is 0.0893. The minimum atomic E-state index is -0.222. The van der Waals surface area contributed by atoms with Crippen LogP contribution in [0, 0.1) is 17.3 Å². The second-order valence-electron chi connectivity index (χ2n) is 6.96. The maximum absolute atomic E-state index is 12.4. The molecule has 0 aromatic heterocycles. The van der Waals surface area contributed by atoms with Crippen molar-refractivity contribution in [2.45, 2.75) is 58.4 Å². The smallest absolute Gasteiger partial charge is 0.410 e. The summed E-state index contributed by atoms with van der Waals surface area (Å²) < 4.78 is 5.18. The van der Waals surface area contributed by atoms with E-state index in [4.69, 9.17) is 4.74 Å². The van der Waals surface area contributed by atoms with Crippen molar-refractivity contribution >= 4 is 11.9 Å². The Morgan fingerprint density at radius 1 is 1.30 bits per heavy atom. The van der Waals surface area contributed by atoms with Gasteiger partial charge in [0, 0.05) is 24.4 Å². The fourth-order valence-electron chi connectivity index (χ4n) is 4.00. The zero-order valence-corrected chi connectivity index (χ0v) is 12.6. The normalized spacial score (nSPS) is 33.9. The lowest BCUT2D eigenvalue weighted by Crippen LogP contribution is -2.40. The Labute approximate surface area is 120 Å². The third kappa shape index (κ3) is 2.33.